The Morgan fingerprint density at radius 1 is 1.00 bits per heavy atom. The second-order valence-electron chi connectivity index (χ2n) is 7.39. The molecule has 0 saturated carbocycles. The fraction of sp³-hybridized carbons (Fsp3) is 0.364. The molecule has 146 valence electrons. The Hall–Kier alpha value is -2.86. The minimum atomic E-state index is -0.228. The first kappa shape index (κ1) is 18.5. The van der Waals surface area contributed by atoms with Gasteiger partial charge in [0.05, 0.1) is 6.10 Å². The molecule has 0 spiro atoms. The Kier molecular flexibility index (Phi) is 5.58. The quantitative estimate of drug-likeness (QED) is 0.747. The van der Waals surface area contributed by atoms with Gasteiger partial charge in [0.1, 0.15) is 0 Å². The summed E-state index contributed by atoms with van der Waals surface area (Å²) >= 11 is 0. The maximum absolute atomic E-state index is 12.3. The molecule has 3 amide bonds. The highest BCUT2D eigenvalue weighted by molar-refractivity contribution is 5.95. The lowest BCUT2D eigenvalue weighted by Crippen LogP contribution is -2.38. The van der Waals surface area contributed by atoms with Gasteiger partial charge in [0, 0.05) is 30.4 Å². The van der Waals surface area contributed by atoms with Gasteiger partial charge in [-0.15, -0.1) is 0 Å². The predicted octanol–water partition coefficient (Wildman–Crippen LogP) is 2.88. The van der Waals surface area contributed by atoms with E-state index >= 15 is 0 Å². The Morgan fingerprint density at radius 2 is 1.71 bits per heavy atom. The van der Waals surface area contributed by atoms with E-state index in [4.69, 9.17) is 4.74 Å². The number of urea groups is 1. The molecule has 2 aliphatic rings. The molecule has 0 bridgehead atoms. The number of hydrogen-bond donors (Lipinski definition) is 3. The lowest BCUT2D eigenvalue weighted by atomic mass is 10.1. The van der Waals surface area contributed by atoms with Gasteiger partial charge in [0.25, 0.3) is 5.91 Å². The van der Waals surface area contributed by atoms with E-state index in [1.807, 2.05) is 12.1 Å². The van der Waals surface area contributed by atoms with Crippen LogP contribution in [0.15, 0.2) is 48.5 Å². The van der Waals surface area contributed by atoms with Crippen LogP contribution in [0.2, 0.25) is 0 Å². The minimum Gasteiger partial charge on any atom is -0.376 e. The number of carbonyl (C=O) groups excluding carboxylic acids is 2. The molecule has 4 rings (SSSR count). The van der Waals surface area contributed by atoms with Crippen molar-refractivity contribution in [1.29, 1.82) is 0 Å². The number of hydrogen-bond acceptors (Lipinski definition) is 3. The van der Waals surface area contributed by atoms with E-state index in [9.17, 15) is 9.59 Å². The molecule has 6 nitrogen and oxygen atoms in total. The van der Waals surface area contributed by atoms with Crippen LogP contribution >= 0.6 is 0 Å². The van der Waals surface area contributed by atoms with Gasteiger partial charge in [-0.25, -0.2) is 4.79 Å². The van der Waals surface area contributed by atoms with E-state index in [0.717, 1.165) is 32.3 Å². The zero-order valence-electron chi connectivity index (χ0n) is 15.7. The van der Waals surface area contributed by atoms with Crippen molar-refractivity contribution in [2.75, 3.05) is 18.5 Å². The number of rotatable bonds is 5. The molecule has 1 saturated heterocycles. The molecule has 1 heterocycles. The van der Waals surface area contributed by atoms with Crippen LogP contribution in [0.5, 0.6) is 0 Å². The summed E-state index contributed by atoms with van der Waals surface area (Å²) in [5.74, 6) is -0.129. The Morgan fingerprint density at radius 3 is 2.36 bits per heavy atom. The van der Waals surface area contributed by atoms with Crippen molar-refractivity contribution in [1.82, 2.24) is 10.6 Å². The summed E-state index contributed by atoms with van der Waals surface area (Å²) in [6.07, 6.45) is 3.87. The lowest BCUT2D eigenvalue weighted by Gasteiger charge is -2.14. The second-order valence-corrected chi connectivity index (χ2v) is 7.39. The third kappa shape index (κ3) is 4.51. The molecule has 2 aromatic carbocycles. The lowest BCUT2D eigenvalue weighted by molar-refractivity contribution is 0.0858. The normalized spacial score (nSPS) is 18.5. The highest BCUT2D eigenvalue weighted by Crippen LogP contribution is 2.21. The number of carbonyl (C=O) groups is 2. The number of ether oxygens (including phenoxy) is 1. The highest BCUT2D eigenvalue weighted by atomic mass is 16.5. The molecule has 1 atom stereocenters. The van der Waals surface area contributed by atoms with Crippen molar-refractivity contribution in [3.05, 3.63) is 65.2 Å². The molecular weight excluding hydrogens is 354 g/mol. The van der Waals surface area contributed by atoms with Gasteiger partial charge in [-0.2, -0.15) is 0 Å². The summed E-state index contributed by atoms with van der Waals surface area (Å²) in [6, 6.07) is 15.1. The molecule has 1 aliphatic carbocycles. The first-order valence-electron chi connectivity index (χ1n) is 9.81. The Labute approximate surface area is 164 Å². The summed E-state index contributed by atoms with van der Waals surface area (Å²) < 4.78 is 5.51. The zero-order valence-corrected chi connectivity index (χ0v) is 15.7. The number of nitrogens with one attached hydrogen (secondary N) is 3. The van der Waals surface area contributed by atoms with Crippen LogP contribution in [0, 0.1) is 0 Å². The number of anilines is 1. The zero-order chi connectivity index (χ0) is 19.3. The van der Waals surface area contributed by atoms with Crippen LogP contribution in [0.4, 0.5) is 10.5 Å². The van der Waals surface area contributed by atoms with Crippen molar-refractivity contribution in [2.24, 2.45) is 0 Å². The van der Waals surface area contributed by atoms with Crippen LogP contribution < -0.4 is 16.0 Å². The average molecular weight is 379 g/mol. The van der Waals surface area contributed by atoms with Gasteiger partial charge in [0.2, 0.25) is 0 Å². The summed E-state index contributed by atoms with van der Waals surface area (Å²) in [5, 5.41) is 8.75. The first-order chi connectivity index (χ1) is 13.7. The maximum atomic E-state index is 12.3. The van der Waals surface area contributed by atoms with Crippen molar-refractivity contribution in [3.63, 3.8) is 0 Å². The van der Waals surface area contributed by atoms with E-state index in [0.29, 0.717) is 17.8 Å². The summed E-state index contributed by atoms with van der Waals surface area (Å²) in [7, 11) is 0. The summed E-state index contributed by atoms with van der Waals surface area (Å²) in [6.45, 7) is 1.31. The topological polar surface area (TPSA) is 79.5 Å². The van der Waals surface area contributed by atoms with Crippen molar-refractivity contribution >= 4 is 17.6 Å². The third-order valence-corrected chi connectivity index (χ3v) is 5.31. The van der Waals surface area contributed by atoms with Gasteiger partial charge >= 0.3 is 6.03 Å². The monoisotopic (exact) mass is 379 g/mol. The van der Waals surface area contributed by atoms with Crippen molar-refractivity contribution in [3.8, 4) is 0 Å². The first-order valence-corrected chi connectivity index (χ1v) is 9.81. The molecule has 0 unspecified atom stereocenters. The van der Waals surface area contributed by atoms with Crippen LogP contribution in [-0.2, 0) is 17.6 Å². The molecular formula is C22H25N3O3. The second kappa shape index (κ2) is 8.44. The standard InChI is InChI=1S/C22H25N3O3/c26-21(23-14-20-6-3-11-28-20)15-7-9-18(10-8-15)24-22(27)25-19-12-16-4-1-2-5-17(16)13-19/h1-2,4-5,7-10,19-20H,3,6,11-14H2,(H,23,26)(H2,24,25,27)/t20-/m1/s1. The Balaban J connectivity index is 1.25. The predicted molar refractivity (Wildman–Crippen MR) is 108 cm³/mol. The SMILES string of the molecule is O=C(Nc1ccc(C(=O)NC[C@H]2CCCO2)cc1)NC1Cc2ccccc2C1. The van der Waals surface area contributed by atoms with E-state index in [1.54, 1.807) is 24.3 Å². The van der Waals surface area contributed by atoms with E-state index in [2.05, 4.69) is 28.1 Å². The van der Waals surface area contributed by atoms with Crippen LogP contribution in [0.3, 0.4) is 0 Å². The minimum absolute atomic E-state index is 0.111. The summed E-state index contributed by atoms with van der Waals surface area (Å²) in [5.41, 5.74) is 3.82. The van der Waals surface area contributed by atoms with Crippen molar-refractivity contribution in [2.45, 2.75) is 37.8 Å². The van der Waals surface area contributed by atoms with Crippen LogP contribution in [-0.4, -0.2) is 37.2 Å². The largest absolute Gasteiger partial charge is 0.376 e. The number of amides is 3. The van der Waals surface area contributed by atoms with Gasteiger partial charge in [0.15, 0.2) is 0 Å². The fourth-order valence-electron chi connectivity index (χ4n) is 3.83. The number of benzene rings is 2. The maximum Gasteiger partial charge on any atom is 0.319 e. The fourth-order valence-corrected chi connectivity index (χ4v) is 3.83. The van der Waals surface area contributed by atoms with E-state index in [1.165, 1.54) is 11.1 Å². The van der Waals surface area contributed by atoms with Gasteiger partial charge in [-0.05, 0) is 61.1 Å². The third-order valence-electron chi connectivity index (χ3n) is 5.31. The molecule has 2 aromatic rings. The molecule has 0 radical (unpaired) electrons. The van der Waals surface area contributed by atoms with Gasteiger partial charge in [-0.1, -0.05) is 24.3 Å². The average Bonchev–Trinajstić information content (AvgIpc) is 3.35. The van der Waals surface area contributed by atoms with E-state index in [-0.39, 0.29) is 24.1 Å². The van der Waals surface area contributed by atoms with Gasteiger partial charge in [-0.3, -0.25) is 4.79 Å². The molecule has 1 fully saturated rings. The molecule has 3 N–H and O–H groups in total. The van der Waals surface area contributed by atoms with E-state index < -0.39 is 0 Å². The highest BCUT2D eigenvalue weighted by Gasteiger charge is 2.22. The van der Waals surface area contributed by atoms with Crippen molar-refractivity contribution < 1.29 is 14.3 Å². The van der Waals surface area contributed by atoms with Crippen LogP contribution in [0.1, 0.15) is 34.3 Å². The summed E-state index contributed by atoms with van der Waals surface area (Å²) in [4.78, 5) is 24.5. The smallest absolute Gasteiger partial charge is 0.319 e. The molecule has 1 aliphatic heterocycles. The molecule has 0 aromatic heterocycles. The molecule has 28 heavy (non-hydrogen) atoms. The van der Waals surface area contributed by atoms with Crippen LogP contribution in [0.25, 0.3) is 0 Å². The number of fused-ring (bicyclic) bond motifs is 1. The van der Waals surface area contributed by atoms with Gasteiger partial charge < -0.3 is 20.7 Å². The molecule has 6 heteroatoms. The Bertz CT molecular complexity index is 819.